The van der Waals surface area contributed by atoms with Gasteiger partial charge in [-0.05, 0) is 67.3 Å². The molecular formula is C17H24N2OS. The second-order valence-corrected chi connectivity index (χ2v) is 6.40. The van der Waals surface area contributed by atoms with Crippen LogP contribution in [-0.4, -0.2) is 7.11 Å². The van der Waals surface area contributed by atoms with E-state index in [9.17, 15) is 0 Å². The van der Waals surface area contributed by atoms with Crippen molar-refractivity contribution < 1.29 is 4.74 Å². The largest absolute Gasteiger partial charge is 0.496 e. The number of nitrogens with two attached hydrogens (primary N) is 1. The first-order valence-electron chi connectivity index (χ1n) is 7.29. The van der Waals surface area contributed by atoms with Gasteiger partial charge in [0, 0.05) is 10.9 Å². The van der Waals surface area contributed by atoms with Gasteiger partial charge in [0.2, 0.25) is 0 Å². The van der Waals surface area contributed by atoms with Crippen molar-refractivity contribution >= 4 is 11.3 Å². The molecule has 0 aliphatic heterocycles. The van der Waals surface area contributed by atoms with Crippen LogP contribution >= 0.6 is 11.3 Å². The first-order chi connectivity index (χ1) is 10.2. The minimum atomic E-state index is 0.189. The monoisotopic (exact) mass is 304 g/mol. The molecule has 0 fully saturated rings. The predicted octanol–water partition coefficient (Wildman–Crippen LogP) is 3.90. The summed E-state index contributed by atoms with van der Waals surface area (Å²) in [5.41, 5.74) is 6.60. The third-order valence-corrected chi connectivity index (χ3v) is 4.79. The van der Waals surface area contributed by atoms with E-state index in [0.29, 0.717) is 0 Å². The van der Waals surface area contributed by atoms with Gasteiger partial charge in [0.05, 0.1) is 7.11 Å². The maximum absolute atomic E-state index is 5.78. The van der Waals surface area contributed by atoms with Gasteiger partial charge in [-0.15, -0.1) is 11.3 Å². The lowest BCUT2D eigenvalue weighted by molar-refractivity contribution is 0.410. The van der Waals surface area contributed by atoms with Gasteiger partial charge in [0.15, 0.2) is 0 Å². The summed E-state index contributed by atoms with van der Waals surface area (Å²) < 4.78 is 5.37. The van der Waals surface area contributed by atoms with Gasteiger partial charge in [-0.25, -0.2) is 0 Å². The minimum Gasteiger partial charge on any atom is -0.496 e. The molecule has 114 valence electrons. The number of hydrazine groups is 1. The van der Waals surface area contributed by atoms with E-state index >= 15 is 0 Å². The lowest BCUT2D eigenvalue weighted by Crippen LogP contribution is -2.28. The molecule has 0 amide bonds. The lowest BCUT2D eigenvalue weighted by Gasteiger charge is -2.20. The molecule has 1 aromatic carbocycles. The number of hydrogen-bond acceptors (Lipinski definition) is 4. The van der Waals surface area contributed by atoms with E-state index in [0.717, 1.165) is 30.6 Å². The van der Waals surface area contributed by atoms with Crippen LogP contribution in [0, 0.1) is 13.8 Å². The molecule has 0 spiro atoms. The fourth-order valence-electron chi connectivity index (χ4n) is 2.67. The van der Waals surface area contributed by atoms with Crippen molar-refractivity contribution in [1.29, 1.82) is 0 Å². The Hall–Kier alpha value is -1.36. The Morgan fingerprint density at radius 2 is 2.10 bits per heavy atom. The van der Waals surface area contributed by atoms with E-state index in [1.54, 1.807) is 7.11 Å². The molecule has 4 heteroatoms. The maximum Gasteiger partial charge on any atom is 0.122 e. The quantitative estimate of drug-likeness (QED) is 0.602. The molecule has 1 heterocycles. The molecule has 0 aliphatic rings. The van der Waals surface area contributed by atoms with E-state index in [1.807, 2.05) is 11.3 Å². The van der Waals surface area contributed by atoms with Crippen LogP contribution in [0.4, 0.5) is 0 Å². The molecule has 2 rings (SSSR count). The Bertz CT molecular complexity index is 566. The number of ether oxygens (including phenoxy) is 1. The molecular weight excluding hydrogens is 280 g/mol. The summed E-state index contributed by atoms with van der Waals surface area (Å²) in [6, 6.07) is 8.76. The Balaban J connectivity index is 2.04. The standard InChI is InChI=1S/C17H24N2OS/c1-12-11-17(20-3)13(2)10-15(12)16(19-18)8-4-6-14-7-5-9-21-14/h5,7,9-11,16,19H,4,6,8,18H2,1-3H3. The molecule has 0 saturated carbocycles. The van der Waals surface area contributed by atoms with Crippen LogP contribution in [0.15, 0.2) is 29.6 Å². The summed E-state index contributed by atoms with van der Waals surface area (Å²) in [6.45, 7) is 4.18. The Labute approximate surface area is 131 Å². The smallest absolute Gasteiger partial charge is 0.122 e. The maximum atomic E-state index is 5.78. The van der Waals surface area contributed by atoms with Gasteiger partial charge in [0.1, 0.15) is 5.75 Å². The predicted molar refractivity (Wildman–Crippen MR) is 89.8 cm³/mol. The van der Waals surface area contributed by atoms with Crippen molar-refractivity contribution in [2.24, 2.45) is 5.84 Å². The van der Waals surface area contributed by atoms with Crippen molar-refractivity contribution in [1.82, 2.24) is 5.43 Å². The third kappa shape index (κ3) is 4.06. The van der Waals surface area contributed by atoms with E-state index < -0.39 is 0 Å². The van der Waals surface area contributed by atoms with Crippen LogP contribution in [-0.2, 0) is 6.42 Å². The highest BCUT2D eigenvalue weighted by Gasteiger charge is 2.14. The number of methoxy groups -OCH3 is 1. The molecule has 2 aromatic rings. The SMILES string of the molecule is COc1cc(C)c(C(CCCc2cccs2)NN)cc1C. The summed E-state index contributed by atoms with van der Waals surface area (Å²) in [6.07, 6.45) is 3.27. The summed E-state index contributed by atoms with van der Waals surface area (Å²) in [5, 5.41) is 2.13. The van der Waals surface area contributed by atoms with Crippen LogP contribution in [0.5, 0.6) is 5.75 Å². The fourth-order valence-corrected chi connectivity index (χ4v) is 3.42. The summed E-state index contributed by atoms with van der Waals surface area (Å²) in [7, 11) is 1.71. The molecule has 0 saturated heterocycles. The van der Waals surface area contributed by atoms with Crippen LogP contribution in [0.3, 0.4) is 0 Å². The molecule has 1 aromatic heterocycles. The topological polar surface area (TPSA) is 47.3 Å². The van der Waals surface area contributed by atoms with Crippen molar-refractivity contribution in [3.63, 3.8) is 0 Å². The van der Waals surface area contributed by atoms with Gasteiger partial charge < -0.3 is 4.74 Å². The second kappa shape index (κ2) is 7.59. The molecule has 0 bridgehead atoms. The van der Waals surface area contributed by atoms with Crippen LogP contribution in [0.2, 0.25) is 0 Å². The van der Waals surface area contributed by atoms with E-state index in [2.05, 4.69) is 48.9 Å². The van der Waals surface area contributed by atoms with Crippen molar-refractivity contribution in [3.05, 3.63) is 51.2 Å². The van der Waals surface area contributed by atoms with Crippen molar-refractivity contribution in [2.75, 3.05) is 7.11 Å². The summed E-state index contributed by atoms with van der Waals surface area (Å²) in [5.74, 6) is 6.71. The second-order valence-electron chi connectivity index (χ2n) is 5.37. The van der Waals surface area contributed by atoms with Gasteiger partial charge in [-0.1, -0.05) is 12.1 Å². The van der Waals surface area contributed by atoms with Crippen molar-refractivity contribution in [3.8, 4) is 5.75 Å². The Morgan fingerprint density at radius 3 is 2.71 bits per heavy atom. The lowest BCUT2D eigenvalue weighted by atomic mass is 9.95. The Morgan fingerprint density at radius 1 is 1.29 bits per heavy atom. The van der Waals surface area contributed by atoms with Crippen LogP contribution in [0.1, 0.15) is 40.5 Å². The zero-order valence-electron chi connectivity index (χ0n) is 13.0. The summed E-state index contributed by atoms with van der Waals surface area (Å²) >= 11 is 1.82. The van der Waals surface area contributed by atoms with Gasteiger partial charge in [-0.3, -0.25) is 11.3 Å². The molecule has 0 aliphatic carbocycles. The number of benzene rings is 1. The van der Waals surface area contributed by atoms with Gasteiger partial charge >= 0.3 is 0 Å². The van der Waals surface area contributed by atoms with E-state index in [-0.39, 0.29) is 6.04 Å². The average molecular weight is 304 g/mol. The highest BCUT2D eigenvalue weighted by atomic mass is 32.1. The minimum absolute atomic E-state index is 0.189. The third-order valence-electron chi connectivity index (χ3n) is 3.86. The summed E-state index contributed by atoms with van der Waals surface area (Å²) in [4.78, 5) is 1.44. The number of rotatable bonds is 7. The molecule has 1 unspecified atom stereocenters. The Kier molecular flexibility index (Phi) is 5.79. The van der Waals surface area contributed by atoms with Gasteiger partial charge in [0.25, 0.3) is 0 Å². The molecule has 0 radical (unpaired) electrons. The number of hydrogen-bond donors (Lipinski definition) is 2. The van der Waals surface area contributed by atoms with E-state index in [1.165, 1.54) is 16.0 Å². The average Bonchev–Trinajstić information content (AvgIpc) is 2.99. The number of thiophene rings is 1. The van der Waals surface area contributed by atoms with Crippen LogP contribution < -0.4 is 16.0 Å². The molecule has 3 N–H and O–H groups in total. The normalized spacial score (nSPS) is 12.4. The highest BCUT2D eigenvalue weighted by Crippen LogP contribution is 2.29. The zero-order chi connectivity index (χ0) is 15.2. The first-order valence-corrected chi connectivity index (χ1v) is 8.17. The van der Waals surface area contributed by atoms with Gasteiger partial charge in [-0.2, -0.15) is 0 Å². The fraction of sp³-hybridized carbons (Fsp3) is 0.412. The molecule has 1 atom stereocenters. The number of nitrogens with one attached hydrogen (secondary N) is 1. The zero-order valence-corrected chi connectivity index (χ0v) is 13.8. The molecule has 21 heavy (non-hydrogen) atoms. The van der Waals surface area contributed by atoms with Crippen LogP contribution in [0.25, 0.3) is 0 Å². The first kappa shape index (κ1) is 16.0. The van der Waals surface area contributed by atoms with E-state index in [4.69, 9.17) is 10.6 Å². The molecule has 3 nitrogen and oxygen atoms in total. The number of aryl methyl sites for hydroxylation is 3. The highest BCUT2D eigenvalue weighted by molar-refractivity contribution is 7.09. The van der Waals surface area contributed by atoms with Crippen molar-refractivity contribution in [2.45, 2.75) is 39.2 Å².